The van der Waals surface area contributed by atoms with Crippen LogP contribution in [-0.4, -0.2) is 21.0 Å². The summed E-state index contributed by atoms with van der Waals surface area (Å²) in [6.07, 6.45) is 0. The molecule has 0 aliphatic carbocycles. The molecule has 16 heavy (non-hydrogen) atoms. The number of carboxylic acids is 1. The highest BCUT2D eigenvalue weighted by Gasteiger charge is 2.17. The van der Waals surface area contributed by atoms with Crippen molar-refractivity contribution in [1.82, 2.24) is 0 Å². The van der Waals surface area contributed by atoms with Crippen molar-refractivity contribution < 1.29 is 14.1 Å². The van der Waals surface area contributed by atoms with Gasteiger partial charge in [-0.2, -0.15) is 0 Å². The summed E-state index contributed by atoms with van der Waals surface area (Å²) in [4.78, 5) is 11.0. The van der Waals surface area contributed by atoms with Gasteiger partial charge >= 0.3 is 5.97 Å². The fourth-order valence-electron chi connectivity index (χ4n) is 1.04. The average molecular weight is 281 g/mol. The Morgan fingerprint density at radius 1 is 1.50 bits per heavy atom. The number of carboxylic acid groups (broad SMARTS) is 1. The summed E-state index contributed by atoms with van der Waals surface area (Å²) in [6, 6.07) is 4.63. The van der Waals surface area contributed by atoms with Crippen molar-refractivity contribution >= 4 is 40.0 Å². The Labute approximate surface area is 106 Å². The Morgan fingerprint density at radius 3 is 2.69 bits per heavy atom. The normalized spacial score (nSPS) is 14.4. The molecule has 2 unspecified atom stereocenters. The minimum atomic E-state index is -1.45. The first kappa shape index (κ1) is 13.5. The molecule has 0 radical (unpaired) electrons. The maximum absolute atomic E-state index is 11.8. The number of benzene rings is 1. The van der Waals surface area contributed by atoms with Gasteiger partial charge in [-0.15, -0.1) is 0 Å². The topological polar surface area (TPSA) is 54.4 Å². The molecule has 88 valence electrons. The van der Waals surface area contributed by atoms with Gasteiger partial charge in [0.2, 0.25) is 0 Å². The van der Waals surface area contributed by atoms with Crippen molar-refractivity contribution in [1.29, 1.82) is 0 Å². The Kier molecular flexibility index (Phi) is 4.77. The SMILES string of the molecule is CC(CS(=O)c1cc(Cl)ccc1Cl)C(=O)O. The number of carbonyl (C=O) groups is 1. The molecule has 0 saturated heterocycles. The smallest absolute Gasteiger partial charge is 0.307 e. The first-order valence-corrected chi connectivity index (χ1v) is 6.55. The molecule has 0 aromatic heterocycles. The van der Waals surface area contributed by atoms with E-state index in [1.54, 1.807) is 12.1 Å². The number of rotatable bonds is 4. The maximum Gasteiger partial charge on any atom is 0.307 e. The third-order valence-corrected chi connectivity index (χ3v) is 4.27. The van der Waals surface area contributed by atoms with E-state index in [1.165, 1.54) is 13.0 Å². The van der Waals surface area contributed by atoms with Gasteiger partial charge < -0.3 is 5.11 Å². The highest BCUT2D eigenvalue weighted by molar-refractivity contribution is 7.85. The molecule has 0 aliphatic heterocycles. The lowest BCUT2D eigenvalue weighted by molar-refractivity contribution is -0.140. The summed E-state index contributed by atoms with van der Waals surface area (Å²) in [7, 11) is -1.45. The van der Waals surface area contributed by atoms with E-state index in [-0.39, 0.29) is 5.75 Å². The number of hydrogen-bond acceptors (Lipinski definition) is 2. The van der Waals surface area contributed by atoms with Gasteiger partial charge in [-0.25, -0.2) is 0 Å². The van der Waals surface area contributed by atoms with Crippen molar-refractivity contribution in [2.45, 2.75) is 11.8 Å². The fourth-order valence-corrected chi connectivity index (χ4v) is 2.97. The molecule has 0 fully saturated rings. The van der Waals surface area contributed by atoms with Crippen LogP contribution < -0.4 is 0 Å². The molecule has 0 bridgehead atoms. The van der Waals surface area contributed by atoms with Crippen LogP contribution >= 0.6 is 23.2 Å². The lowest BCUT2D eigenvalue weighted by atomic mass is 10.2. The second-order valence-corrected chi connectivity index (χ2v) is 5.63. The van der Waals surface area contributed by atoms with E-state index >= 15 is 0 Å². The van der Waals surface area contributed by atoms with Crippen LogP contribution in [0.4, 0.5) is 0 Å². The number of hydrogen-bond donors (Lipinski definition) is 1. The molecule has 0 heterocycles. The first-order valence-electron chi connectivity index (χ1n) is 4.48. The van der Waals surface area contributed by atoms with Gasteiger partial charge in [-0.1, -0.05) is 30.1 Å². The Morgan fingerprint density at radius 2 is 2.12 bits per heavy atom. The van der Waals surface area contributed by atoms with E-state index in [0.717, 1.165) is 0 Å². The van der Waals surface area contributed by atoms with Crippen LogP contribution in [0.1, 0.15) is 6.92 Å². The van der Waals surface area contributed by atoms with Gasteiger partial charge in [0, 0.05) is 10.8 Å². The molecule has 6 heteroatoms. The predicted octanol–water partition coefficient (Wildman–Crippen LogP) is 2.82. The Bertz CT molecular complexity index is 434. The average Bonchev–Trinajstić information content (AvgIpc) is 2.21. The summed E-state index contributed by atoms with van der Waals surface area (Å²) in [5, 5.41) is 9.47. The molecule has 3 nitrogen and oxygen atoms in total. The van der Waals surface area contributed by atoms with Gasteiger partial charge in [0.25, 0.3) is 0 Å². The summed E-state index contributed by atoms with van der Waals surface area (Å²) in [6.45, 7) is 1.50. The third kappa shape index (κ3) is 3.47. The molecule has 1 N–H and O–H groups in total. The lowest BCUT2D eigenvalue weighted by Gasteiger charge is -2.07. The molecular formula is C10H10Cl2O3S. The van der Waals surface area contributed by atoms with Crippen molar-refractivity contribution in [2.24, 2.45) is 5.92 Å². The molecule has 0 amide bonds. The van der Waals surface area contributed by atoms with E-state index in [2.05, 4.69) is 0 Å². The van der Waals surface area contributed by atoms with Crippen LogP contribution in [0.5, 0.6) is 0 Å². The van der Waals surface area contributed by atoms with E-state index in [0.29, 0.717) is 14.9 Å². The van der Waals surface area contributed by atoms with Gasteiger partial charge in [-0.3, -0.25) is 9.00 Å². The van der Waals surface area contributed by atoms with Crippen LogP contribution in [0.25, 0.3) is 0 Å². The highest BCUT2D eigenvalue weighted by atomic mass is 35.5. The molecule has 1 aromatic carbocycles. The van der Waals surface area contributed by atoms with Crippen molar-refractivity contribution in [3.63, 3.8) is 0 Å². The van der Waals surface area contributed by atoms with E-state index < -0.39 is 22.7 Å². The summed E-state index contributed by atoms with van der Waals surface area (Å²) < 4.78 is 11.8. The van der Waals surface area contributed by atoms with E-state index in [1.807, 2.05) is 0 Å². The van der Waals surface area contributed by atoms with Gasteiger partial charge in [0.05, 0.1) is 26.6 Å². The van der Waals surface area contributed by atoms with Crippen molar-refractivity contribution in [3.05, 3.63) is 28.2 Å². The Hall–Kier alpha value is -0.580. The van der Waals surface area contributed by atoms with Gasteiger partial charge in [0.1, 0.15) is 0 Å². The number of halogens is 2. The van der Waals surface area contributed by atoms with Crippen molar-refractivity contribution in [2.75, 3.05) is 5.75 Å². The zero-order valence-electron chi connectivity index (χ0n) is 8.44. The molecular weight excluding hydrogens is 271 g/mol. The lowest BCUT2D eigenvalue weighted by Crippen LogP contribution is -2.17. The first-order chi connectivity index (χ1) is 7.41. The molecule has 1 rings (SSSR count). The summed E-state index contributed by atoms with van der Waals surface area (Å²) in [5.41, 5.74) is 0. The molecule has 0 spiro atoms. The largest absolute Gasteiger partial charge is 0.481 e. The summed E-state index contributed by atoms with van der Waals surface area (Å²) >= 11 is 11.6. The quantitative estimate of drug-likeness (QED) is 0.923. The van der Waals surface area contributed by atoms with E-state index in [4.69, 9.17) is 28.3 Å². The van der Waals surface area contributed by atoms with Gasteiger partial charge in [-0.05, 0) is 18.2 Å². The fraction of sp³-hybridized carbons (Fsp3) is 0.300. The van der Waals surface area contributed by atoms with E-state index in [9.17, 15) is 9.00 Å². The minimum Gasteiger partial charge on any atom is -0.481 e. The predicted molar refractivity (Wildman–Crippen MR) is 64.5 cm³/mol. The highest BCUT2D eigenvalue weighted by Crippen LogP contribution is 2.24. The van der Waals surface area contributed by atoms with Crippen LogP contribution in [0.3, 0.4) is 0 Å². The Balaban J connectivity index is 2.88. The molecule has 0 saturated carbocycles. The van der Waals surface area contributed by atoms with Crippen molar-refractivity contribution in [3.8, 4) is 0 Å². The minimum absolute atomic E-state index is 0.0232. The zero-order chi connectivity index (χ0) is 12.3. The zero-order valence-corrected chi connectivity index (χ0v) is 10.8. The van der Waals surface area contributed by atoms with Crippen LogP contribution in [0.15, 0.2) is 23.1 Å². The van der Waals surface area contributed by atoms with Gasteiger partial charge in [0.15, 0.2) is 0 Å². The third-order valence-electron chi connectivity index (χ3n) is 1.96. The molecule has 0 aliphatic rings. The second-order valence-electron chi connectivity index (χ2n) is 3.33. The maximum atomic E-state index is 11.8. The number of aliphatic carboxylic acids is 1. The van der Waals surface area contributed by atoms with Crippen LogP contribution in [0.2, 0.25) is 10.0 Å². The standard InChI is InChI=1S/C10H10Cl2O3S/c1-6(10(13)14)5-16(15)9-4-7(11)2-3-8(9)12/h2-4,6H,5H2,1H3,(H,13,14). The second kappa shape index (κ2) is 5.66. The molecule has 2 atom stereocenters. The van der Waals surface area contributed by atoms with Crippen LogP contribution in [-0.2, 0) is 15.6 Å². The monoisotopic (exact) mass is 280 g/mol. The molecule has 1 aromatic rings. The van der Waals surface area contributed by atoms with Crippen LogP contribution in [0, 0.1) is 5.92 Å². The summed E-state index contributed by atoms with van der Waals surface area (Å²) in [5.74, 6) is -1.64.